The predicted molar refractivity (Wildman–Crippen MR) is 65.2 cm³/mol. The van der Waals surface area contributed by atoms with Crippen molar-refractivity contribution in [2.24, 2.45) is 5.84 Å². The van der Waals surface area contributed by atoms with Crippen LogP contribution in [0.25, 0.3) is 0 Å². The highest BCUT2D eigenvalue weighted by atomic mass is 32.2. The number of nitrogens with zero attached hydrogens (tertiary/aromatic N) is 3. The Kier molecular flexibility index (Phi) is 4.04. The van der Waals surface area contributed by atoms with Gasteiger partial charge in [-0.1, -0.05) is 5.16 Å². The fraction of sp³-hybridized carbons (Fsp3) is 0.222. The standard InChI is InChI=1S/C9H12N6O3S/c10-15-8-5-7(1-3-11-8)19(16,17)14-4-2-9-12-6-13-18-9/h1,3,5-6,14H,2,4,10H2,(H,11,15). The van der Waals surface area contributed by atoms with Crippen molar-refractivity contribution in [1.82, 2.24) is 19.8 Å². The number of hydrogen-bond donors (Lipinski definition) is 3. The summed E-state index contributed by atoms with van der Waals surface area (Å²) in [5.74, 6) is 5.80. The van der Waals surface area contributed by atoms with Gasteiger partial charge in [0.2, 0.25) is 15.9 Å². The van der Waals surface area contributed by atoms with E-state index in [9.17, 15) is 8.42 Å². The van der Waals surface area contributed by atoms with Crippen molar-refractivity contribution in [1.29, 1.82) is 0 Å². The number of hydrazine groups is 1. The summed E-state index contributed by atoms with van der Waals surface area (Å²) >= 11 is 0. The van der Waals surface area contributed by atoms with Gasteiger partial charge in [-0.25, -0.2) is 24.0 Å². The Morgan fingerprint density at radius 2 is 2.21 bits per heavy atom. The second-order valence-electron chi connectivity index (χ2n) is 3.50. The van der Waals surface area contributed by atoms with Crippen molar-refractivity contribution < 1.29 is 12.9 Å². The molecule has 0 amide bonds. The Labute approximate surface area is 109 Å². The number of rotatable bonds is 6. The van der Waals surface area contributed by atoms with E-state index in [0.717, 1.165) is 0 Å². The van der Waals surface area contributed by atoms with Gasteiger partial charge in [0, 0.05) is 25.2 Å². The minimum absolute atomic E-state index is 0.0704. The van der Waals surface area contributed by atoms with Crippen molar-refractivity contribution in [2.75, 3.05) is 12.0 Å². The second-order valence-corrected chi connectivity index (χ2v) is 5.27. The molecule has 2 rings (SSSR count). The van der Waals surface area contributed by atoms with Crippen LogP contribution in [0.5, 0.6) is 0 Å². The van der Waals surface area contributed by atoms with E-state index in [2.05, 4.69) is 25.3 Å². The van der Waals surface area contributed by atoms with Crippen molar-refractivity contribution in [3.63, 3.8) is 0 Å². The highest BCUT2D eigenvalue weighted by Gasteiger charge is 2.14. The number of pyridine rings is 1. The van der Waals surface area contributed by atoms with Crippen LogP contribution in [-0.2, 0) is 16.4 Å². The predicted octanol–water partition coefficient (Wildman–Crippen LogP) is -0.729. The number of sulfonamides is 1. The molecule has 0 bridgehead atoms. The van der Waals surface area contributed by atoms with Crippen molar-refractivity contribution in [3.8, 4) is 0 Å². The summed E-state index contributed by atoms with van der Waals surface area (Å²) in [5.41, 5.74) is 2.28. The van der Waals surface area contributed by atoms with Crippen LogP contribution in [0.4, 0.5) is 5.82 Å². The molecule has 19 heavy (non-hydrogen) atoms. The van der Waals surface area contributed by atoms with Gasteiger partial charge in [0.1, 0.15) is 5.82 Å². The van der Waals surface area contributed by atoms with Crippen LogP contribution in [0, 0.1) is 0 Å². The topological polar surface area (TPSA) is 136 Å². The first kappa shape index (κ1) is 13.4. The Morgan fingerprint density at radius 3 is 2.89 bits per heavy atom. The second kappa shape index (κ2) is 5.73. The molecular formula is C9H12N6O3S. The summed E-state index contributed by atoms with van der Waals surface area (Å²) in [7, 11) is -3.62. The van der Waals surface area contributed by atoms with Crippen molar-refractivity contribution in [2.45, 2.75) is 11.3 Å². The summed E-state index contributed by atoms with van der Waals surface area (Å²) in [4.78, 5) is 7.69. The van der Waals surface area contributed by atoms with Crippen LogP contribution in [0.2, 0.25) is 0 Å². The lowest BCUT2D eigenvalue weighted by Gasteiger charge is -2.06. The maximum Gasteiger partial charge on any atom is 0.240 e. The normalized spacial score (nSPS) is 11.4. The third-order valence-corrected chi connectivity index (χ3v) is 3.69. The van der Waals surface area contributed by atoms with E-state index in [-0.39, 0.29) is 17.3 Å². The molecule has 0 aliphatic rings. The molecule has 0 atom stereocenters. The molecule has 0 fully saturated rings. The van der Waals surface area contributed by atoms with Gasteiger partial charge in [0.25, 0.3) is 0 Å². The first-order valence-corrected chi connectivity index (χ1v) is 6.78. The van der Waals surface area contributed by atoms with Crippen LogP contribution in [-0.4, -0.2) is 30.1 Å². The lowest BCUT2D eigenvalue weighted by Crippen LogP contribution is -2.26. The van der Waals surface area contributed by atoms with E-state index in [1.54, 1.807) is 0 Å². The van der Waals surface area contributed by atoms with Gasteiger partial charge >= 0.3 is 0 Å². The molecule has 9 nitrogen and oxygen atoms in total. The molecule has 4 N–H and O–H groups in total. The van der Waals surface area contributed by atoms with Gasteiger partial charge in [-0.2, -0.15) is 4.98 Å². The molecule has 0 aromatic carbocycles. The van der Waals surface area contributed by atoms with Gasteiger partial charge in [-0.05, 0) is 6.07 Å². The maximum atomic E-state index is 12.0. The molecule has 0 spiro atoms. The fourth-order valence-electron chi connectivity index (χ4n) is 1.34. The molecule has 0 radical (unpaired) electrons. The zero-order valence-electron chi connectivity index (χ0n) is 9.78. The summed E-state index contributed by atoms with van der Waals surface area (Å²) in [6, 6.07) is 2.70. The van der Waals surface area contributed by atoms with Crippen LogP contribution in [0.3, 0.4) is 0 Å². The smallest absolute Gasteiger partial charge is 0.240 e. The zero-order valence-corrected chi connectivity index (χ0v) is 10.6. The quantitative estimate of drug-likeness (QED) is 0.466. The van der Waals surface area contributed by atoms with Crippen LogP contribution in [0.1, 0.15) is 5.89 Å². The summed E-state index contributed by atoms with van der Waals surface area (Å²) in [5, 5.41) is 3.42. The third kappa shape index (κ3) is 3.47. The number of nitrogen functional groups attached to an aromatic ring is 1. The number of aromatic nitrogens is 3. The molecule has 2 aromatic rings. The van der Waals surface area contributed by atoms with E-state index < -0.39 is 10.0 Å². The largest absolute Gasteiger partial charge is 0.340 e. The van der Waals surface area contributed by atoms with Gasteiger partial charge in [0.15, 0.2) is 6.33 Å². The monoisotopic (exact) mass is 284 g/mol. The van der Waals surface area contributed by atoms with Gasteiger partial charge < -0.3 is 9.95 Å². The number of hydrogen-bond acceptors (Lipinski definition) is 8. The lowest BCUT2D eigenvalue weighted by molar-refractivity contribution is 0.377. The summed E-state index contributed by atoms with van der Waals surface area (Å²) in [6.45, 7) is 0.151. The van der Waals surface area contributed by atoms with Gasteiger partial charge in [-0.15, -0.1) is 0 Å². The molecule has 102 valence electrons. The molecule has 0 saturated heterocycles. The minimum atomic E-state index is -3.62. The molecule has 10 heteroatoms. The fourth-order valence-corrected chi connectivity index (χ4v) is 2.38. The maximum absolute atomic E-state index is 12.0. The molecule has 0 aliphatic carbocycles. The van der Waals surface area contributed by atoms with Gasteiger partial charge in [-0.3, -0.25) is 0 Å². The number of nitrogens with one attached hydrogen (secondary N) is 2. The van der Waals surface area contributed by atoms with E-state index in [4.69, 9.17) is 10.4 Å². The molecule has 0 unspecified atom stereocenters. The van der Waals surface area contributed by atoms with Crippen LogP contribution < -0.4 is 16.0 Å². The summed E-state index contributed by atoms with van der Waals surface area (Å²) < 4.78 is 31.1. The Hall–Kier alpha value is -2.04. The van der Waals surface area contributed by atoms with Crippen LogP contribution >= 0.6 is 0 Å². The molecular weight excluding hydrogens is 272 g/mol. The van der Waals surface area contributed by atoms with Crippen LogP contribution in [0.15, 0.2) is 34.1 Å². The van der Waals surface area contributed by atoms with E-state index >= 15 is 0 Å². The first-order chi connectivity index (χ1) is 9.12. The average molecular weight is 284 g/mol. The summed E-state index contributed by atoms with van der Waals surface area (Å²) in [6.07, 6.45) is 2.92. The molecule has 2 heterocycles. The molecule has 0 saturated carbocycles. The van der Waals surface area contributed by atoms with E-state index in [1.807, 2.05) is 0 Å². The molecule has 2 aromatic heterocycles. The first-order valence-electron chi connectivity index (χ1n) is 5.30. The van der Waals surface area contributed by atoms with E-state index in [0.29, 0.717) is 12.3 Å². The zero-order chi connectivity index (χ0) is 13.7. The highest BCUT2D eigenvalue weighted by Crippen LogP contribution is 2.11. The highest BCUT2D eigenvalue weighted by molar-refractivity contribution is 7.89. The van der Waals surface area contributed by atoms with Crippen molar-refractivity contribution >= 4 is 15.8 Å². The Bertz CT molecular complexity index is 627. The Morgan fingerprint density at radius 1 is 1.37 bits per heavy atom. The minimum Gasteiger partial charge on any atom is -0.340 e. The number of nitrogens with two attached hydrogens (primary N) is 1. The third-order valence-electron chi connectivity index (χ3n) is 2.23. The Balaban J connectivity index is 2.01. The molecule has 0 aliphatic heterocycles. The van der Waals surface area contributed by atoms with Crippen molar-refractivity contribution in [3.05, 3.63) is 30.5 Å². The average Bonchev–Trinajstić information content (AvgIpc) is 2.92. The van der Waals surface area contributed by atoms with Gasteiger partial charge in [0.05, 0.1) is 4.90 Å². The number of anilines is 1. The lowest BCUT2D eigenvalue weighted by atomic mass is 10.4. The SMILES string of the molecule is NNc1cc(S(=O)(=O)NCCc2ncno2)ccn1. The van der Waals surface area contributed by atoms with E-state index in [1.165, 1.54) is 24.7 Å².